The van der Waals surface area contributed by atoms with Gasteiger partial charge in [0.1, 0.15) is 0 Å². The fraction of sp³-hybridized carbons (Fsp3) is 1.00. The Morgan fingerprint density at radius 1 is 0.857 bits per heavy atom. The van der Waals surface area contributed by atoms with Crippen molar-refractivity contribution in [2.75, 3.05) is 0 Å². The lowest BCUT2D eigenvalue weighted by Gasteiger charge is -2.60. The summed E-state index contributed by atoms with van der Waals surface area (Å²) in [4.78, 5) is 0. The zero-order valence-electron chi connectivity index (χ0n) is 13.9. The molecule has 21 heavy (non-hydrogen) atoms. The first-order valence-corrected chi connectivity index (χ1v) is 9.39. The van der Waals surface area contributed by atoms with E-state index in [0.29, 0.717) is 11.5 Å². The molecule has 8 atom stereocenters. The van der Waals surface area contributed by atoms with Crippen molar-refractivity contribution in [1.29, 1.82) is 0 Å². The van der Waals surface area contributed by atoms with Crippen molar-refractivity contribution >= 4 is 0 Å². The summed E-state index contributed by atoms with van der Waals surface area (Å²) in [6.45, 7) is 4.98. The summed E-state index contributed by atoms with van der Waals surface area (Å²) in [5, 5.41) is 10.5. The molecule has 2 nitrogen and oxygen atoms in total. The van der Waals surface area contributed by atoms with Gasteiger partial charge in [0, 0.05) is 6.04 Å². The maximum atomic E-state index is 10.5. The Hall–Kier alpha value is -0.0800. The number of hydrogen-bond acceptors (Lipinski definition) is 2. The topological polar surface area (TPSA) is 46.2 Å². The van der Waals surface area contributed by atoms with Gasteiger partial charge in [-0.2, -0.15) is 0 Å². The van der Waals surface area contributed by atoms with Gasteiger partial charge in [-0.25, -0.2) is 0 Å². The molecule has 0 saturated heterocycles. The lowest BCUT2D eigenvalue weighted by Crippen LogP contribution is -2.55. The summed E-state index contributed by atoms with van der Waals surface area (Å²) in [5.41, 5.74) is 7.04. The number of aliphatic hydroxyl groups is 1. The van der Waals surface area contributed by atoms with Crippen LogP contribution in [0, 0.1) is 34.5 Å². The van der Waals surface area contributed by atoms with Crippen LogP contribution in [0.4, 0.5) is 0 Å². The van der Waals surface area contributed by atoms with E-state index >= 15 is 0 Å². The van der Waals surface area contributed by atoms with Crippen LogP contribution in [0.5, 0.6) is 0 Å². The lowest BCUT2D eigenvalue weighted by atomic mass is 9.45. The number of aliphatic hydroxyl groups excluding tert-OH is 1. The SMILES string of the molecule is C[C@]12CC[C@@H]3[C@@H](CC[C@@H]4C[C@@H](N)CC[C@]43C)[C@H]1CC[C@@H]2O. The van der Waals surface area contributed by atoms with Crippen LogP contribution in [0.3, 0.4) is 0 Å². The summed E-state index contributed by atoms with van der Waals surface area (Å²) in [6.07, 6.45) is 11.6. The van der Waals surface area contributed by atoms with Crippen molar-refractivity contribution in [1.82, 2.24) is 0 Å². The highest BCUT2D eigenvalue weighted by Crippen LogP contribution is 2.66. The number of nitrogens with two attached hydrogens (primary N) is 1. The quantitative estimate of drug-likeness (QED) is 0.714. The normalized spacial score (nSPS) is 60.0. The molecule has 0 aliphatic heterocycles. The summed E-state index contributed by atoms with van der Waals surface area (Å²) < 4.78 is 0. The van der Waals surface area contributed by atoms with Gasteiger partial charge in [0.15, 0.2) is 0 Å². The Morgan fingerprint density at radius 2 is 1.57 bits per heavy atom. The second-order valence-electron chi connectivity index (χ2n) is 9.33. The summed E-state index contributed by atoms with van der Waals surface area (Å²) in [7, 11) is 0. The largest absolute Gasteiger partial charge is 0.393 e. The molecule has 120 valence electrons. The minimum atomic E-state index is -0.0336. The van der Waals surface area contributed by atoms with Crippen molar-refractivity contribution in [3.05, 3.63) is 0 Å². The van der Waals surface area contributed by atoms with Gasteiger partial charge in [0.05, 0.1) is 6.10 Å². The molecular weight excluding hydrogens is 258 g/mol. The Balaban J connectivity index is 1.62. The van der Waals surface area contributed by atoms with Gasteiger partial charge < -0.3 is 10.8 Å². The van der Waals surface area contributed by atoms with Gasteiger partial charge in [-0.1, -0.05) is 13.8 Å². The molecule has 4 aliphatic rings. The first-order chi connectivity index (χ1) is 9.95. The van der Waals surface area contributed by atoms with Crippen LogP contribution in [0.1, 0.15) is 71.6 Å². The zero-order chi connectivity index (χ0) is 14.8. The second kappa shape index (κ2) is 4.71. The zero-order valence-corrected chi connectivity index (χ0v) is 13.9. The summed E-state index contributed by atoms with van der Waals surface area (Å²) >= 11 is 0. The molecule has 4 fully saturated rings. The fourth-order valence-corrected chi connectivity index (χ4v) is 7.26. The average Bonchev–Trinajstić information content (AvgIpc) is 2.76. The average molecular weight is 291 g/mol. The van der Waals surface area contributed by atoms with Gasteiger partial charge in [0.2, 0.25) is 0 Å². The van der Waals surface area contributed by atoms with Crippen LogP contribution in [0.15, 0.2) is 0 Å². The van der Waals surface area contributed by atoms with Crippen molar-refractivity contribution in [2.45, 2.75) is 83.8 Å². The van der Waals surface area contributed by atoms with E-state index in [1.807, 2.05) is 0 Å². The van der Waals surface area contributed by atoms with E-state index < -0.39 is 0 Å². The maximum absolute atomic E-state index is 10.5. The van der Waals surface area contributed by atoms with E-state index in [2.05, 4.69) is 13.8 Å². The number of hydrogen-bond donors (Lipinski definition) is 2. The third-order valence-corrected chi connectivity index (χ3v) is 8.66. The van der Waals surface area contributed by atoms with Gasteiger partial charge in [-0.15, -0.1) is 0 Å². The standard InChI is InChI=1S/C19H33NO/c1-18-9-7-13(20)11-12(18)3-4-14-15-5-6-17(21)19(15,2)10-8-16(14)18/h12-17,21H,3-11,20H2,1-2H3/t12-,13+,14+,15-,16-,17+,18-,19+/m1/s1. The van der Waals surface area contributed by atoms with E-state index in [-0.39, 0.29) is 11.5 Å². The van der Waals surface area contributed by atoms with Crippen LogP contribution in [0.25, 0.3) is 0 Å². The van der Waals surface area contributed by atoms with Crippen molar-refractivity contribution in [3.63, 3.8) is 0 Å². The molecule has 0 aromatic heterocycles. The smallest absolute Gasteiger partial charge is 0.0596 e. The molecule has 2 heteroatoms. The second-order valence-corrected chi connectivity index (χ2v) is 9.33. The van der Waals surface area contributed by atoms with Gasteiger partial charge in [0.25, 0.3) is 0 Å². The van der Waals surface area contributed by atoms with Crippen molar-refractivity contribution < 1.29 is 5.11 Å². The first kappa shape index (κ1) is 14.5. The van der Waals surface area contributed by atoms with E-state index in [0.717, 1.165) is 30.1 Å². The predicted octanol–water partition coefficient (Wildman–Crippen LogP) is 3.72. The summed E-state index contributed by atoms with van der Waals surface area (Å²) in [6, 6.07) is 0.460. The monoisotopic (exact) mass is 291 g/mol. The number of fused-ring (bicyclic) bond motifs is 5. The third kappa shape index (κ3) is 1.91. The van der Waals surface area contributed by atoms with E-state index in [1.54, 1.807) is 0 Å². The maximum Gasteiger partial charge on any atom is 0.0596 e. The molecule has 0 aromatic rings. The molecule has 4 saturated carbocycles. The minimum absolute atomic E-state index is 0.0336. The van der Waals surface area contributed by atoms with Crippen molar-refractivity contribution in [3.8, 4) is 0 Å². The molecule has 0 bridgehead atoms. The summed E-state index contributed by atoms with van der Waals surface area (Å²) in [5.74, 6) is 3.46. The molecule has 4 aliphatic carbocycles. The molecule has 0 amide bonds. The Bertz CT molecular complexity index is 424. The van der Waals surface area contributed by atoms with Crippen LogP contribution in [0.2, 0.25) is 0 Å². The van der Waals surface area contributed by atoms with Gasteiger partial charge in [-0.05, 0) is 92.3 Å². The molecule has 0 unspecified atom stereocenters. The molecule has 0 heterocycles. The van der Waals surface area contributed by atoms with Crippen LogP contribution in [-0.4, -0.2) is 17.3 Å². The highest BCUT2D eigenvalue weighted by atomic mass is 16.3. The third-order valence-electron chi connectivity index (χ3n) is 8.66. The Morgan fingerprint density at radius 3 is 2.38 bits per heavy atom. The Labute approximate surface area is 129 Å². The highest BCUT2D eigenvalue weighted by molar-refractivity contribution is 5.09. The minimum Gasteiger partial charge on any atom is -0.393 e. The molecular formula is C19H33NO. The molecule has 0 radical (unpaired) electrons. The Kier molecular flexibility index (Phi) is 3.25. The van der Waals surface area contributed by atoms with Crippen molar-refractivity contribution in [2.24, 2.45) is 40.2 Å². The fourth-order valence-electron chi connectivity index (χ4n) is 7.26. The highest BCUT2D eigenvalue weighted by Gasteiger charge is 2.59. The molecule has 4 rings (SSSR count). The van der Waals surface area contributed by atoms with E-state index in [4.69, 9.17) is 5.73 Å². The molecule has 0 spiro atoms. The van der Waals surface area contributed by atoms with Crippen LogP contribution >= 0.6 is 0 Å². The molecule has 0 aromatic carbocycles. The lowest BCUT2D eigenvalue weighted by molar-refractivity contribution is -0.122. The van der Waals surface area contributed by atoms with Crippen LogP contribution in [-0.2, 0) is 0 Å². The van der Waals surface area contributed by atoms with E-state index in [1.165, 1.54) is 51.4 Å². The first-order valence-electron chi connectivity index (χ1n) is 9.39. The van der Waals surface area contributed by atoms with Gasteiger partial charge in [-0.3, -0.25) is 0 Å². The predicted molar refractivity (Wildman–Crippen MR) is 85.7 cm³/mol. The molecule has 3 N–H and O–H groups in total. The van der Waals surface area contributed by atoms with E-state index in [9.17, 15) is 5.11 Å². The van der Waals surface area contributed by atoms with Gasteiger partial charge >= 0.3 is 0 Å². The van der Waals surface area contributed by atoms with Crippen LogP contribution < -0.4 is 5.73 Å². The number of rotatable bonds is 0.